The van der Waals surface area contributed by atoms with Crippen molar-refractivity contribution in [2.75, 3.05) is 10.6 Å². The number of carbonyl (C=O) groups excluding carboxylic acids is 1. The van der Waals surface area contributed by atoms with E-state index in [4.69, 9.17) is 11.6 Å². The second-order valence-corrected chi connectivity index (χ2v) is 13.6. The van der Waals surface area contributed by atoms with Gasteiger partial charge >= 0.3 is 0 Å². The van der Waals surface area contributed by atoms with Gasteiger partial charge in [-0.25, -0.2) is 4.98 Å². The Morgan fingerprint density at radius 1 is 0.810 bits per heavy atom. The number of rotatable bonds is 19. The van der Waals surface area contributed by atoms with Crippen LogP contribution < -0.4 is 10.6 Å². The summed E-state index contributed by atoms with van der Waals surface area (Å²) in [5.41, 5.74) is 6.46. The highest BCUT2D eigenvalue weighted by Crippen LogP contribution is 2.27. The molecule has 0 bridgehead atoms. The molecule has 6 heteroatoms. The Morgan fingerprint density at radius 3 is 1.90 bits per heavy atom. The molecule has 2 aromatic carbocycles. The number of nitrogens with one attached hydrogen (secondary N) is 2. The largest absolute Gasteiger partial charge is 0.359 e. The van der Waals surface area contributed by atoms with Crippen LogP contribution in [0, 0.1) is 27.7 Å². The normalized spacial score (nSPS) is 12.0. The van der Waals surface area contributed by atoms with Crippen LogP contribution in [0.4, 0.5) is 10.8 Å². The standard InChI is InChI=1S/C36H52ClN3OS/c1-26-24-27(2)33(28(3)25-26)40-35(41)34-30(5)39-36(42-34)38-29(4)18-16-14-12-10-8-6-7-9-11-13-15-17-19-31-20-22-32(37)23-21-31/h20-25,29H,6-19H2,1-5H3,(H,38,39)(H,40,41). The second-order valence-electron chi connectivity index (χ2n) is 12.1. The van der Waals surface area contributed by atoms with Crippen molar-refractivity contribution >= 4 is 39.7 Å². The molecule has 0 aliphatic carbocycles. The molecule has 0 saturated carbocycles. The molecule has 0 spiro atoms. The first-order valence-electron chi connectivity index (χ1n) is 16.1. The summed E-state index contributed by atoms with van der Waals surface area (Å²) in [7, 11) is 0. The monoisotopic (exact) mass is 609 g/mol. The maximum Gasteiger partial charge on any atom is 0.267 e. The highest BCUT2D eigenvalue weighted by atomic mass is 35.5. The minimum atomic E-state index is -0.0778. The van der Waals surface area contributed by atoms with Gasteiger partial charge in [-0.05, 0) is 82.7 Å². The minimum absolute atomic E-state index is 0.0778. The van der Waals surface area contributed by atoms with Gasteiger partial charge in [-0.3, -0.25) is 4.79 Å². The molecule has 3 aromatic rings. The number of aryl methyl sites for hydroxylation is 5. The molecule has 1 atom stereocenters. The van der Waals surface area contributed by atoms with Crippen molar-refractivity contribution in [2.24, 2.45) is 0 Å². The van der Waals surface area contributed by atoms with Crippen molar-refractivity contribution in [3.8, 4) is 0 Å². The molecule has 0 aliphatic heterocycles. The molecule has 1 aromatic heterocycles. The zero-order valence-electron chi connectivity index (χ0n) is 26.6. The number of aromatic nitrogens is 1. The van der Waals surface area contributed by atoms with Crippen LogP contribution in [-0.2, 0) is 6.42 Å². The molecule has 0 aliphatic rings. The Kier molecular flexibility index (Phi) is 14.9. The van der Waals surface area contributed by atoms with Gasteiger partial charge in [0.2, 0.25) is 0 Å². The van der Waals surface area contributed by atoms with Gasteiger partial charge in [0.1, 0.15) is 4.88 Å². The van der Waals surface area contributed by atoms with Gasteiger partial charge < -0.3 is 10.6 Å². The smallest absolute Gasteiger partial charge is 0.267 e. The molecule has 42 heavy (non-hydrogen) atoms. The van der Waals surface area contributed by atoms with Gasteiger partial charge in [0, 0.05) is 16.8 Å². The first-order valence-corrected chi connectivity index (χ1v) is 17.3. The quantitative estimate of drug-likeness (QED) is 0.133. The van der Waals surface area contributed by atoms with Gasteiger partial charge in [-0.1, -0.05) is 123 Å². The molecular weight excluding hydrogens is 558 g/mol. The topological polar surface area (TPSA) is 54.0 Å². The highest BCUT2D eigenvalue weighted by molar-refractivity contribution is 7.17. The third-order valence-corrected chi connectivity index (χ3v) is 9.39. The summed E-state index contributed by atoms with van der Waals surface area (Å²) in [5, 5.41) is 8.31. The van der Waals surface area contributed by atoms with E-state index in [1.807, 2.05) is 32.9 Å². The second kappa shape index (κ2) is 18.3. The van der Waals surface area contributed by atoms with Crippen molar-refractivity contribution in [1.29, 1.82) is 0 Å². The first-order chi connectivity index (χ1) is 20.2. The predicted octanol–water partition coefficient (Wildman–Crippen LogP) is 11.4. The van der Waals surface area contributed by atoms with E-state index in [2.05, 4.69) is 53.7 Å². The summed E-state index contributed by atoms with van der Waals surface area (Å²) in [6, 6.07) is 12.8. The molecule has 0 radical (unpaired) electrons. The number of carbonyl (C=O) groups is 1. The zero-order chi connectivity index (χ0) is 30.3. The molecule has 0 saturated heterocycles. The highest BCUT2D eigenvalue weighted by Gasteiger charge is 2.18. The Labute approximate surface area is 264 Å². The average molecular weight is 610 g/mol. The van der Waals surface area contributed by atoms with Crippen LogP contribution in [-0.4, -0.2) is 16.9 Å². The minimum Gasteiger partial charge on any atom is -0.359 e. The third kappa shape index (κ3) is 12.1. The van der Waals surface area contributed by atoms with Crippen LogP contribution in [0.5, 0.6) is 0 Å². The van der Waals surface area contributed by atoms with Gasteiger partial charge in [0.05, 0.1) is 5.69 Å². The van der Waals surface area contributed by atoms with Crippen molar-refractivity contribution in [3.63, 3.8) is 0 Å². The Balaban J connectivity index is 1.19. The van der Waals surface area contributed by atoms with Crippen LogP contribution in [0.25, 0.3) is 0 Å². The van der Waals surface area contributed by atoms with Crippen molar-refractivity contribution in [1.82, 2.24) is 4.98 Å². The van der Waals surface area contributed by atoms with Crippen LogP contribution in [0.15, 0.2) is 36.4 Å². The first kappa shape index (κ1) is 34.1. The van der Waals surface area contributed by atoms with E-state index in [9.17, 15) is 4.79 Å². The molecular formula is C36H52ClN3OS. The van der Waals surface area contributed by atoms with E-state index in [-0.39, 0.29) is 5.91 Å². The van der Waals surface area contributed by atoms with Gasteiger partial charge in [0.15, 0.2) is 5.13 Å². The molecule has 1 heterocycles. The molecule has 1 unspecified atom stereocenters. The average Bonchev–Trinajstić information content (AvgIpc) is 3.31. The third-order valence-electron chi connectivity index (χ3n) is 8.05. The van der Waals surface area contributed by atoms with Crippen molar-refractivity contribution < 1.29 is 4.79 Å². The molecule has 3 rings (SSSR count). The van der Waals surface area contributed by atoms with E-state index in [0.717, 1.165) is 39.1 Å². The lowest BCUT2D eigenvalue weighted by Gasteiger charge is -2.13. The predicted molar refractivity (Wildman–Crippen MR) is 184 cm³/mol. The van der Waals surface area contributed by atoms with E-state index < -0.39 is 0 Å². The van der Waals surface area contributed by atoms with Gasteiger partial charge in [0.25, 0.3) is 5.91 Å². The molecule has 230 valence electrons. The number of hydrogen-bond acceptors (Lipinski definition) is 4. The molecule has 2 N–H and O–H groups in total. The summed E-state index contributed by atoms with van der Waals surface area (Å²) >= 11 is 7.41. The Hall–Kier alpha value is -2.37. The fourth-order valence-corrected chi connectivity index (χ4v) is 6.80. The fourth-order valence-electron chi connectivity index (χ4n) is 5.70. The number of nitrogens with zero attached hydrogens (tertiary/aromatic N) is 1. The molecule has 1 amide bonds. The number of benzene rings is 2. The van der Waals surface area contributed by atoms with E-state index in [0.29, 0.717) is 10.9 Å². The van der Waals surface area contributed by atoms with Crippen LogP contribution in [0.1, 0.15) is 128 Å². The number of hydrogen-bond donors (Lipinski definition) is 2. The fraction of sp³-hybridized carbons (Fsp3) is 0.556. The number of unbranched alkanes of at least 4 members (excludes halogenated alkanes) is 11. The Bertz CT molecular complexity index is 1210. The van der Waals surface area contributed by atoms with Crippen LogP contribution in [0.3, 0.4) is 0 Å². The number of halogens is 1. The lowest BCUT2D eigenvalue weighted by molar-refractivity contribution is 0.102. The number of amides is 1. The number of anilines is 2. The maximum absolute atomic E-state index is 13.0. The van der Waals surface area contributed by atoms with Gasteiger partial charge in [-0.15, -0.1) is 0 Å². The summed E-state index contributed by atoms with van der Waals surface area (Å²) in [6.07, 6.45) is 18.4. The van der Waals surface area contributed by atoms with E-state index >= 15 is 0 Å². The molecule has 4 nitrogen and oxygen atoms in total. The summed E-state index contributed by atoms with van der Waals surface area (Å²) in [6.45, 7) is 10.3. The maximum atomic E-state index is 13.0. The lowest BCUT2D eigenvalue weighted by Crippen LogP contribution is -2.14. The van der Waals surface area contributed by atoms with Crippen molar-refractivity contribution in [3.05, 3.63) is 74.2 Å². The summed E-state index contributed by atoms with van der Waals surface area (Å²) in [5.74, 6) is -0.0778. The molecule has 0 fully saturated rings. The van der Waals surface area contributed by atoms with E-state index in [1.165, 1.54) is 106 Å². The zero-order valence-corrected chi connectivity index (χ0v) is 28.2. The summed E-state index contributed by atoms with van der Waals surface area (Å²) in [4.78, 5) is 18.3. The van der Waals surface area contributed by atoms with Crippen LogP contribution in [0.2, 0.25) is 5.02 Å². The summed E-state index contributed by atoms with van der Waals surface area (Å²) < 4.78 is 0. The van der Waals surface area contributed by atoms with E-state index in [1.54, 1.807) is 0 Å². The Morgan fingerprint density at radius 2 is 1.33 bits per heavy atom. The van der Waals surface area contributed by atoms with Gasteiger partial charge in [-0.2, -0.15) is 0 Å². The SMILES string of the molecule is Cc1cc(C)c(NC(=O)c2sc(NC(C)CCCCCCCCCCCCCCc3ccc(Cl)cc3)nc2C)c(C)c1. The number of thiazole rings is 1. The lowest BCUT2D eigenvalue weighted by atomic mass is 10.0. The van der Waals surface area contributed by atoms with Crippen LogP contribution >= 0.6 is 22.9 Å². The van der Waals surface area contributed by atoms with Crippen molar-refractivity contribution in [2.45, 2.75) is 131 Å².